The molecule has 6 N–H and O–H groups in total. The van der Waals surface area contributed by atoms with Gasteiger partial charge in [0.05, 0.1) is 26.4 Å². The van der Waals surface area contributed by atoms with Crippen molar-refractivity contribution in [3.63, 3.8) is 0 Å². The van der Waals surface area contributed by atoms with Crippen LogP contribution in [-0.4, -0.2) is 49.5 Å². The Kier molecular flexibility index (Phi) is 30.7. The number of urea groups is 1. The van der Waals surface area contributed by atoms with E-state index in [1.54, 1.807) is 0 Å². The van der Waals surface area contributed by atoms with E-state index in [1.165, 1.54) is 0 Å². The molecule has 0 aromatic rings. The second kappa shape index (κ2) is 22.4. The van der Waals surface area contributed by atoms with Gasteiger partial charge in [-0.05, 0) is 0 Å². The molecule has 0 aliphatic heterocycles. The van der Waals surface area contributed by atoms with Crippen molar-refractivity contribution in [1.29, 1.82) is 0 Å². The number of hydrogen-bond acceptors (Lipinski definition) is 5. The molecule has 0 aliphatic carbocycles. The highest BCUT2D eigenvalue weighted by Gasteiger charge is 1.79. The molecule has 0 heterocycles. The van der Waals surface area contributed by atoms with Crippen LogP contribution in [0.15, 0.2) is 0 Å². The van der Waals surface area contributed by atoms with Gasteiger partial charge in [-0.2, -0.15) is 0 Å². The van der Waals surface area contributed by atoms with Crippen LogP contribution < -0.4 is 11.5 Å². The van der Waals surface area contributed by atoms with Crippen LogP contribution in [-0.2, 0) is 9.53 Å². The zero-order chi connectivity index (χ0) is 11.1. The molecule has 0 bridgehead atoms. The SMILES string of the molecule is C=O.NC(N)=O.OCCOCCO. The second-order valence-electron chi connectivity index (χ2n) is 1.46. The standard InChI is InChI=1S/C4H10O3.CH4N2O.CH2O/c5-1-3-7-4-2-6;2-1(3)4;1-2/h5-6H,1-4H2;(H4,2,3,4);1H2. The van der Waals surface area contributed by atoms with Gasteiger partial charge in [-0.25, -0.2) is 4.79 Å². The fourth-order valence-electron chi connectivity index (χ4n) is 0.231. The Morgan fingerprint density at radius 1 is 1.15 bits per heavy atom. The minimum atomic E-state index is -0.833. The third kappa shape index (κ3) is 106. The van der Waals surface area contributed by atoms with Crippen LogP contribution in [0.4, 0.5) is 4.79 Å². The van der Waals surface area contributed by atoms with E-state index in [9.17, 15) is 0 Å². The number of carbonyl (C=O) groups is 2. The molecule has 0 aromatic carbocycles. The number of rotatable bonds is 4. The normalized spacial score (nSPS) is 7.23. The highest BCUT2D eigenvalue weighted by atomic mass is 16.5. The van der Waals surface area contributed by atoms with Crippen molar-refractivity contribution in [2.75, 3.05) is 26.4 Å². The van der Waals surface area contributed by atoms with Crippen molar-refractivity contribution in [2.24, 2.45) is 11.5 Å². The summed E-state index contributed by atoms with van der Waals surface area (Å²) in [5.74, 6) is 0. The topological polar surface area (TPSA) is 136 Å². The lowest BCUT2D eigenvalue weighted by molar-refractivity contribution is -0.0979. The molecule has 0 rings (SSSR count). The maximum atomic E-state index is 9.00. The third-order valence-corrected chi connectivity index (χ3v) is 0.471. The third-order valence-electron chi connectivity index (χ3n) is 0.471. The Morgan fingerprint density at radius 2 is 1.38 bits per heavy atom. The van der Waals surface area contributed by atoms with E-state index in [2.05, 4.69) is 16.2 Å². The van der Waals surface area contributed by atoms with Crippen LogP contribution in [0.1, 0.15) is 0 Å². The summed E-state index contributed by atoms with van der Waals surface area (Å²) in [4.78, 5) is 17.0. The first kappa shape index (κ1) is 17.8. The monoisotopic (exact) mass is 196 g/mol. The highest BCUT2D eigenvalue weighted by molar-refractivity contribution is 5.69. The summed E-state index contributed by atoms with van der Waals surface area (Å²) in [6.45, 7) is 2.70. The fourth-order valence-corrected chi connectivity index (χ4v) is 0.231. The summed E-state index contributed by atoms with van der Waals surface area (Å²) in [5, 5.41) is 16.2. The Hall–Kier alpha value is -1.18. The molecular weight excluding hydrogens is 180 g/mol. The quantitative estimate of drug-likeness (QED) is 0.379. The molecule has 13 heavy (non-hydrogen) atoms. The van der Waals surface area contributed by atoms with Gasteiger partial charge in [0.2, 0.25) is 0 Å². The van der Waals surface area contributed by atoms with Crippen molar-refractivity contribution in [1.82, 2.24) is 0 Å². The van der Waals surface area contributed by atoms with Crippen molar-refractivity contribution in [3.05, 3.63) is 0 Å². The molecule has 0 fully saturated rings. The number of ether oxygens (including phenoxy) is 1. The lowest BCUT2D eigenvalue weighted by Gasteiger charge is -1.94. The summed E-state index contributed by atoms with van der Waals surface area (Å²) in [5.41, 5.74) is 8.50. The van der Waals surface area contributed by atoms with Crippen molar-refractivity contribution >= 4 is 12.8 Å². The summed E-state index contributed by atoms with van der Waals surface area (Å²) >= 11 is 0. The Bertz CT molecular complexity index is 93.0. The number of nitrogens with two attached hydrogens (primary N) is 2. The fraction of sp³-hybridized carbons (Fsp3) is 0.667. The van der Waals surface area contributed by atoms with Crippen molar-refractivity contribution < 1.29 is 24.5 Å². The minimum absolute atomic E-state index is 0.0278. The van der Waals surface area contributed by atoms with Crippen LogP contribution in [0.3, 0.4) is 0 Å². The maximum Gasteiger partial charge on any atom is 0.309 e. The first-order chi connectivity index (χ1) is 6.15. The van der Waals surface area contributed by atoms with Crippen LogP contribution in [0.25, 0.3) is 0 Å². The van der Waals surface area contributed by atoms with E-state index in [0.717, 1.165) is 0 Å². The summed E-state index contributed by atoms with van der Waals surface area (Å²) in [6.07, 6.45) is 0. The molecule has 0 aromatic heterocycles. The maximum absolute atomic E-state index is 9.00. The van der Waals surface area contributed by atoms with E-state index in [1.807, 2.05) is 6.79 Å². The molecule has 0 unspecified atom stereocenters. The number of hydrogen-bond donors (Lipinski definition) is 4. The molecule has 7 heteroatoms. The molecule has 0 aliphatic rings. The predicted molar refractivity (Wildman–Crippen MR) is 45.9 cm³/mol. The van der Waals surface area contributed by atoms with Crippen LogP contribution in [0, 0.1) is 0 Å². The zero-order valence-electron chi connectivity index (χ0n) is 7.31. The highest BCUT2D eigenvalue weighted by Crippen LogP contribution is 1.68. The summed E-state index contributed by atoms with van der Waals surface area (Å²) in [7, 11) is 0. The first-order valence-corrected chi connectivity index (χ1v) is 3.28. The minimum Gasteiger partial charge on any atom is -0.394 e. The van der Waals surface area contributed by atoms with Gasteiger partial charge in [0, 0.05) is 0 Å². The first-order valence-electron chi connectivity index (χ1n) is 3.28. The van der Waals surface area contributed by atoms with E-state index in [0.29, 0.717) is 13.2 Å². The number of carbonyl (C=O) groups excluding carboxylic acids is 2. The molecule has 80 valence electrons. The van der Waals surface area contributed by atoms with Gasteiger partial charge in [-0.1, -0.05) is 0 Å². The molecule has 0 spiro atoms. The Labute approximate surface area is 76.3 Å². The number of amides is 2. The van der Waals surface area contributed by atoms with E-state index in [4.69, 9.17) is 19.8 Å². The summed E-state index contributed by atoms with van der Waals surface area (Å²) < 4.78 is 4.63. The molecule has 0 atom stereocenters. The lowest BCUT2D eigenvalue weighted by atomic mass is 10.7. The van der Waals surface area contributed by atoms with Gasteiger partial charge in [-0.3, -0.25) is 0 Å². The summed E-state index contributed by atoms with van der Waals surface area (Å²) in [6, 6.07) is -0.833. The smallest absolute Gasteiger partial charge is 0.309 e. The number of aliphatic hydroxyl groups is 2. The van der Waals surface area contributed by atoms with Gasteiger partial charge in [0.1, 0.15) is 6.79 Å². The molecule has 0 radical (unpaired) electrons. The lowest BCUT2D eigenvalue weighted by Crippen LogP contribution is -2.18. The van der Waals surface area contributed by atoms with E-state index in [-0.39, 0.29) is 13.2 Å². The number of primary amides is 2. The van der Waals surface area contributed by atoms with Gasteiger partial charge >= 0.3 is 6.03 Å². The van der Waals surface area contributed by atoms with Gasteiger partial charge in [-0.15, -0.1) is 0 Å². The largest absolute Gasteiger partial charge is 0.394 e. The van der Waals surface area contributed by atoms with Gasteiger partial charge in [0.25, 0.3) is 0 Å². The number of aliphatic hydroxyl groups excluding tert-OH is 2. The molecule has 7 nitrogen and oxygen atoms in total. The van der Waals surface area contributed by atoms with Crippen LogP contribution in [0.2, 0.25) is 0 Å². The van der Waals surface area contributed by atoms with Crippen LogP contribution >= 0.6 is 0 Å². The Balaban J connectivity index is -0.000000142. The molecule has 0 saturated carbocycles. The second-order valence-corrected chi connectivity index (χ2v) is 1.46. The van der Waals surface area contributed by atoms with Gasteiger partial charge < -0.3 is 31.2 Å². The molecular formula is C6H16N2O5. The predicted octanol–water partition coefficient (Wildman–Crippen LogP) is -2.17. The average Bonchev–Trinajstić information content (AvgIpc) is 2.08. The Morgan fingerprint density at radius 3 is 1.54 bits per heavy atom. The van der Waals surface area contributed by atoms with E-state index >= 15 is 0 Å². The van der Waals surface area contributed by atoms with Crippen molar-refractivity contribution in [3.8, 4) is 0 Å². The average molecular weight is 196 g/mol. The molecule has 2 amide bonds. The zero-order valence-corrected chi connectivity index (χ0v) is 7.31. The van der Waals surface area contributed by atoms with Crippen molar-refractivity contribution in [2.45, 2.75) is 0 Å². The molecule has 0 saturated heterocycles. The van der Waals surface area contributed by atoms with Crippen LogP contribution in [0.5, 0.6) is 0 Å². The van der Waals surface area contributed by atoms with E-state index < -0.39 is 6.03 Å². The van der Waals surface area contributed by atoms with Gasteiger partial charge in [0.15, 0.2) is 0 Å².